The molecule has 2 rings (SSSR count). The third-order valence-corrected chi connectivity index (χ3v) is 2.16. The summed E-state index contributed by atoms with van der Waals surface area (Å²) in [6.07, 6.45) is -0.889. The van der Waals surface area contributed by atoms with Crippen LogP contribution in [-0.4, -0.2) is 18.2 Å². The van der Waals surface area contributed by atoms with Crippen molar-refractivity contribution >= 4 is 11.7 Å². The summed E-state index contributed by atoms with van der Waals surface area (Å²) in [6.45, 7) is 0. The lowest BCUT2D eigenvalue weighted by Gasteiger charge is -2.29. The zero-order valence-electron chi connectivity index (χ0n) is 7.19. The molecule has 0 aromatic heterocycles. The minimum Gasteiger partial charge on any atom is -0.369 e. The van der Waals surface area contributed by atoms with Gasteiger partial charge >= 0.3 is 6.03 Å². The van der Waals surface area contributed by atoms with Crippen LogP contribution in [0, 0.1) is 0 Å². The molecule has 1 atom stereocenters. The van der Waals surface area contributed by atoms with Gasteiger partial charge < -0.3 is 10.4 Å². The van der Waals surface area contributed by atoms with Crippen molar-refractivity contribution in [3.63, 3.8) is 0 Å². The molecule has 0 saturated carbocycles. The van der Waals surface area contributed by atoms with Gasteiger partial charge in [-0.15, -0.1) is 0 Å². The van der Waals surface area contributed by atoms with E-state index >= 15 is 0 Å². The molecule has 0 saturated heterocycles. The molecule has 0 radical (unpaired) electrons. The number of aliphatic hydroxyl groups excluding tert-OH is 1. The highest BCUT2D eigenvalue weighted by molar-refractivity contribution is 5.94. The molecular weight excluding hydrogens is 168 g/mol. The molecule has 1 aromatic rings. The first-order chi connectivity index (χ1) is 6.20. The molecule has 68 valence electrons. The highest BCUT2D eigenvalue weighted by Gasteiger charge is 2.25. The van der Waals surface area contributed by atoms with Gasteiger partial charge in [0.1, 0.15) is 0 Å². The maximum atomic E-state index is 11.2. The predicted molar refractivity (Wildman–Crippen MR) is 48.3 cm³/mol. The quantitative estimate of drug-likeness (QED) is 0.618. The minimum atomic E-state index is -0.889. The Labute approximate surface area is 75.8 Å². The summed E-state index contributed by atoms with van der Waals surface area (Å²) in [5, 5.41) is 11.9. The van der Waals surface area contributed by atoms with Gasteiger partial charge in [0, 0.05) is 12.6 Å². The normalized spacial score (nSPS) is 20.9. The number of hydrogen-bond donors (Lipinski definition) is 2. The lowest BCUT2D eigenvalue weighted by atomic mass is 10.1. The van der Waals surface area contributed by atoms with E-state index < -0.39 is 6.23 Å². The molecule has 0 bridgehead atoms. The van der Waals surface area contributed by atoms with E-state index in [1.807, 2.05) is 12.1 Å². The summed E-state index contributed by atoms with van der Waals surface area (Å²) in [7, 11) is 1.67. The highest BCUT2D eigenvalue weighted by atomic mass is 16.3. The van der Waals surface area contributed by atoms with Crippen molar-refractivity contribution in [2.45, 2.75) is 6.23 Å². The maximum Gasteiger partial charge on any atom is 0.323 e. The molecule has 0 fully saturated rings. The Morgan fingerprint density at radius 3 is 2.92 bits per heavy atom. The first-order valence-electron chi connectivity index (χ1n) is 4.01. The fourth-order valence-corrected chi connectivity index (χ4v) is 1.43. The van der Waals surface area contributed by atoms with E-state index in [0.717, 1.165) is 11.3 Å². The van der Waals surface area contributed by atoms with Crippen LogP contribution < -0.4 is 10.2 Å². The second-order valence-electron chi connectivity index (χ2n) is 2.97. The fourth-order valence-electron chi connectivity index (χ4n) is 1.43. The molecule has 1 heterocycles. The second-order valence-corrected chi connectivity index (χ2v) is 2.97. The number of urea groups is 1. The Kier molecular flexibility index (Phi) is 1.70. The van der Waals surface area contributed by atoms with E-state index in [-0.39, 0.29) is 6.03 Å². The van der Waals surface area contributed by atoms with Crippen molar-refractivity contribution < 1.29 is 9.90 Å². The van der Waals surface area contributed by atoms with Crippen molar-refractivity contribution in [1.82, 2.24) is 5.32 Å². The van der Waals surface area contributed by atoms with Gasteiger partial charge in [0.05, 0.1) is 5.69 Å². The standard InChI is InChI=1S/C9H10N2O2/c1-11-7-5-3-2-4-6(7)8(12)10-9(11)13/h2-5,8,12H,1H3,(H,10,13). The Balaban J connectivity index is 2.53. The monoisotopic (exact) mass is 178 g/mol. The van der Waals surface area contributed by atoms with Gasteiger partial charge in [-0.2, -0.15) is 0 Å². The van der Waals surface area contributed by atoms with Crippen molar-refractivity contribution in [1.29, 1.82) is 0 Å². The van der Waals surface area contributed by atoms with Gasteiger partial charge in [-0.25, -0.2) is 4.79 Å². The van der Waals surface area contributed by atoms with Crippen LogP contribution in [0.2, 0.25) is 0 Å². The van der Waals surface area contributed by atoms with E-state index in [2.05, 4.69) is 5.32 Å². The first kappa shape index (κ1) is 8.07. The number of anilines is 1. The molecule has 1 aliphatic rings. The average Bonchev–Trinajstić information content (AvgIpc) is 2.15. The molecule has 2 amide bonds. The lowest BCUT2D eigenvalue weighted by molar-refractivity contribution is 0.141. The lowest BCUT2D eigenvalue weighted by Crippen LogP contribution is -2.44. The number of fused-ring (bicyclic) bond motifs is 1. The van der Waals surface area contributed by atoms with Crippen LogP contribution >= 0.6 is 0 Å². The summed E-state index contributed by atoms with van der Waals surface area (Å²) in [5.41, 5.74) is 1.48. The van der Waals surface area contributed by atoms with Gasteiger partial charge in [0.15, 0.2) is 6.23 Å². The number of aliphatic hydroxyl groups is 1. The number of carbonyl (C=O) groups is 1. The van der Waals surface area contributed by atoms with Gasteiger partial charge in [0.2, 0.25) is 0 Å². The molecule has 0 spiro atoms. The Bertz CT molecular complexity index is 351. The van der Waals surface area contributed by atoms with Gasteiger partial charge in [-0.1, -0.05) is 18.2 Å². The minimum absolute atomic E-state index is 0.286. The zero-order chi connectivity index (χ0) is 9.42. The molecular formula is C9H10N2O2. The summed E-state index contributed by atoms with van der Waals surface area (Å²) in [4.78, 5) is 12.7. The van der Waals surface area contributed by atoms with E-state index in [9.17, 15) is 9.90 Å². The molecule has 1 aromatic carbocycles. The number of benzene rings is 1. The zero-order valence-corrected chi connectivity index (χ0v) is 7.19. The molecule has 1 unspecified atom stereocenters. The number of para-hydroxylation sites is 1. The number of hydrogen-bond acceptors (Lipinski definition) is 2. The third-order valence-electron chi connectivity index (χ3n) is 2.16. The molecule has 13 heavy (non-hydrogen) atoms. The average molecular weight is 178 g/mol. The van der Waals surface area contributed by atoms with Crippen LogP contribution in [0.4, 0.5) is 10.5 Å². The van der Waals surface area contributed by atoms with Crippen LogP contribution in [0.5, 0.6) is 0 Å². The summed E-state index contributed by atoms with van der Waals surface area (Å²) >= 11 is 0. The van der Waals surface area contributed by atoms with E-state index in [0.29, 0.717) is 0 Å². The summed E-state index contributed by atoms with van der Waals surface area (Å²) < 4.78 is 0. The Hall–Kier alpha value is -1.55. The summed E-state index contributed by atoms with van der Waals surface area (Å²) in [5.74, 6) is 0. The Morgan fingerprint density at radius 1 is 1.46 bits per heavy atom. The number of nitrogens with one attached hydrogen (secondary N) is 1. The molecule has 4 heteroatoms. The summed E-state index contributed by atoms with van der Waals surface area (Å²) in [6, 6.07) is 6.97. The van der Waals surface area contributed by atoms with Gasteiger partial charge in [-0.3, -0.25) is 4.90 Å². The van der Waals surface area contributed by atoms with Crippen molar-refractivity contribution in [3.8, 4) is 0 Å². The number of nitrogens with zero attached hydrogens (tertiary/aromatic N) is 1. The van der Waals surface area contributed by atoms with Crippen molar-refractivity contribution in [2.24, 2.45) is 0 Å². The SMILES string of the molecule is CN1C(=O)NC(O)c2ccccc21. The van der Waals surface area contributed by atoms with Crippen LogP contribution in [0.1, 0.15) is 11.8 Å². The topological polar surface area (TPSA) is 52.6 Å². The highest BCUT2D eigenvalue weighted by Crippen LogP contribution is 2.27. The predicted octanol–water partition coefficient (Wildman–Crippen LogP) is 0.837. The van der Waals surface area contributed by atoms with Crippen molar-refractivity contribution in [2.75, 3.05) is 11.9 Å². The first-order valence-corrected chi connectivity index (χ1v) is 4.01. The number of rotatable bonds is 0. The third kappa shape index (κ3) is 1.15. The van der Waals surface area contributed by atoms with Gasteiger partial charge in [0.25, 0.3) is 0 Å². The largest absolute Gasteiger partial charge is 0.369 e. The van der Waals surface area contributed by atoms with Crippen LogP contribution in [0.15, 0.2) is 24.3 Å². The van der Waals surface area contributed by atoms with E-state index in [1.54, 1.807) is 19.2 Å². The molecule has 1 aliphatic heterocycles. The smallest absolute Gasteiger partial charge is 0.323 e. The van der Waals surface area contributed by atoms with Crippen molar-refractivity contribution in [3.05, 3.63) is 29.8 Å². The Morgan fingerprint density at radius 2 is 2.15 bits per heavy atom. The van der Waals surface area contributed by atoms with Crippen LogP contribution in [-0.2, 0) is 0 Å². The molecule has 4 nitrogen and oxygen atoms in total. The fraction of sp³-hybridized carbons (Fsp3) is 0.222. The van der Waals surface area contributed by atoms with Crippen LogP contribution in [0.25, 0.3) is 0 Å². The molecule has 2 N–H and O–H groups in total. The number of amides is 2. The van der Waals surface area contributed by atoms with Gasteiger partial charge in [-0.05, 0) is 6.07 Å². The second kappa shape index (κ2) is 2.74. The van der Waals surface area contributed by atoms with E-state index in [1.165, 1.54) is 4.90 Å². The number of carbonyl (C=O) groups excluding carboxylic acids is 1. The van der Waals surface area contributed by atoms with Crippen LogP contribution in [0.3, 0.4) is 0 Å². The van der Waals surface area contributed by atoms with E-state index in [4.69, 9.17) is 0 Å². The molecule has 0 aliphatic carbocycles. The maximum absolute atomic E-state index is 11.2.